The third kappa shape index (κ3) is 5.22. The quantitative estimate of drug-likeness (QED) is 0.536. The summed E-state index contributed by atoms with van der Waals surface area (Å²) in [5.74, 6) is 0. The first-order valence-electron chi connectivity index (χ1n) is 5.27. The van der Waals surface area contributed by atoms with Gasteiger partial charge in [-0.2, -0.15) is 0 Å². The molecule has 12 heavy (non-hydrogen) atoms. The molecule has 1 nitrogen and oxygen atoms in total. The molecule has 0 saturated heterocycles. The van der Waals surface area contributed by atoms with E-state index in [4.69, 9.17) is 4.74 Å². The Bertz CT molecular complexity index is 104. The summed E-state index contributed by atoms with van der Waals surface area (Å²) in [7, 11) is 0. The van der Waals surface area contributed by atoms with Crippen molar-refractivity contribution >= 4 is 0 Å². The largest absolute Gasteiger partial charge is 0.502 e. The van der Waals surface area contributed by atoms with Gasteiger partial charge in [0, 0.05) is 0 Å². The van der Waals surface area contributed by atoms with Crippen LogP contribution in [0.1, 0.15) is 51.4 Å². The van der Waals surface area contributed by atoms with Gasteiger partial charge in [-0.3, -0.25) is 0 Å². The number of hydrogen-bond acceptors (Lipinski definition) is 1. The van der Waals surface area contributed by atoms with Gasteiger partial charge in [-0.1, -0.05) is 32.1 Å². The topological polar surface area (TPSA) is 9.23 Å². The molecule has 0 N–H and O–H groups in total. The Morgan fingerprint density at radius 1 is 0.750 bits per heavy atom. The molecule has 0 fully saturated rings. The predicted octanol–water partition coefficient (Wildman–Crippen LogP) is 3.65. The van der Waals surface area contributed by atoms with Crippen molar-refractivity contribution in [3.8, 4) is 0 Å². The molecular weight excluding hydrogens is 148 g/mol. The van der Waals surface area contributed by atoms with Crippen molar-refractivity contribution in [2.45, 2.75) is 51.4 Å². The lowest BCUT2D eigenvalue weighted by molar-refractivity contribution is 0.238. The molecule has 1 aliphatic heterocycles. The van der Waals surface area contributed by atoms with Gasteiger partial charge in [-0.25, -0.2) is 0 Å². The average molecular weight is 168 g/mol. The zero-order valence-electron chi connectivity index (χ0n) is 7.93. The molecule has 0 aromatic rings. The maximum absolute atomic E-state index is 5.33. The van der Waals surface area contributed by atoms with Crippen molar-refractivity contribution in [2.75, 3.05) is 6.61 Å². The SMILES string of the molecule is C1=COCCCCCCCCC1. The molecule has 0 atom stereocenters. The maximum atomic E-state index is 5.33. The second-order valence-corrected chi connectivity index (χ2v) is 3.51. The highest BCUT2D eigenvalue weighted by molar-refractivity contribution is 4.73. The van der Waals surface area contributed by atoms with Crippen molar-refractivity contribution < 1.29 is 4.74 Å². The summed E-state index contributed by atoms with van der Waals surface area (Å²) in [6, 6.07) is 0. The highest BCUT2D eigenvalue weighted by Crippen LogP contribution is 2.10. The summed E-state index contributed by atoms with van der Waals surface area (Å²) in [6.07, 6.45) is 14.8. The lowest BCUT2D eigenvalue weighted by Crippen LogP contribution is -1.89. The Balaban J connectivity index is 2.10. The van der Waals surface area contributed by atoms with Gasteiger partial charge in [0.05, 0.1) is 12.9 Å². The maximum Gasteiger partial charge on any atom is 0.0873 e. The van der Waals surface area contributed by atoms with Gasteiger partial charge < -0.3 is 4.74 Å². The summed E-state index contributed by atoms with van der Waals surface area (Å²) in [5, 5.41) is 0. The number of allylic oxidation sites excluding steroid dienone is 1. The molecule has 0 spiro atoms. The van der Waals surface area contributed by atoms with E-state index < -0.39 is 0 Å². The van der Waals surface area contributed by atoms with Gasteiger partial charge in [0.2, 0.25) is 0 Å². The second kappa shape index (κ2) is 7.20. The molecule has 0 aromatic carbocycles. The minimum atomic E-state index is 0.913. The van der Waals surface area contributed by atoms with Crippen LogP contribution in [0.5, 0.6) is 0 Å². The summed E-state index contributed by atoms with van der Waals surface area (Å²) < 4.78 is 5.33. The molecule has 0 amide bonds. The molecule has 1 aliphatic rings. The van der Waals surface area contributed by atoms with E-state index >= 15 is 0 Å². The van der Waals surface area contributed by atoms with Gasteiger partial charge in [-0.05, 0) is 25.3 Å². The van der Waals surface area contributed by atoms with Crippen LogP contribution in [-0.4, -0.2) is 6.61 Å². The lowest BCUT2D eigenvalue weighted by atomic mass is 10.1. The van der Waals surface area contributed by atoms with Gasteiger partial charge in [0.25, 0.3) is 0 Å². The Kier molecular flexibility index (Phi) is 5.78. The van der Waals surface area contributed by atoms with Crippen LogP contribution in [0.4, 0.5) is 0 Å². The van der Waals surface area contributed by atoms with Crippen molar-refractivity contribution in [1.29, 1.82) is 0 Å². The molecule has 0 saturated carbocycles. The number of rotatable bonds is 0. The van der Waals surface area contributed by atoms with Crippen LogP contribution in [0.15, 0.2) is 12.3 Å². The van der Waals surface area contributed by atoms with Crippen LogP contribution < -0.4 is 0 Å². The van der Waals surface area contributed by atoms with E-state index in [2.05, 4.69) is 6.08 Å². The average Bonchev–Trinajstić information content (AvgIpc) is 2.05. The van der Waals surface area contributed by atoms with Crippen molar-refractivity contribution in [3.05, 3.63) is 12.3 Å². The van der Waals surface area contributed by atoms with E-state index in [1.807, 2.05) is 6.26 Å². The van der Waals surface area contributed by atoms with Gasteiger partial charge in [0.15, 0.2) is 0 Å². The number of ether oxygens (including phenoxy) is 1. The lowest BCUT2D eigenvalue weighted by Gasteiger charge is -2.03. The molecule has 0 aromatic heterocycles. The molecule has 1 heteroatoms. The molecule has 0 radical (unpaired) electrons. The van der Waals surface area contributed by atoms with Crippen LogP contribution in [0.2, 0.25) is 0 Å². The third-order valence-corrected chi connectivity index (χ3v) is 2.33. The van der Waals surface area contributed by atoms with Crippen molar-refractivity contribution in [1.82, 2.24) is 0 Å². The summed E-state index contributed by atoms with van der Waals surface area (Å²) in [5.41, 5.74) is 0. The fourth-order valence-corrected chi connectivity index (χ4v) is 1.54. The van der Waals surface area contributed by atoms with E-state index in [-0.39, 0.29) is 0 Å². The third-order valence-electron chi connectivity index (χ3n) is 2.33. The monoisotopic (exact) mass is 168 g/mol. The van der Waals surface area contributed by atoms with Crippen LogP contribution in [0, 0.1) is 0 Å². The minimum absolute atomic E-state index is 0.913. The van der Waals surface area contributed by atoms with Crippen LogP contribution in [-0.2, 0) is 4.74 Å². The fraction of sp³-hybridized carbons (Fsp3) is 0.818. The van der Waals surface area contributed by atoms with E-state index in [1.165, 1.54) is 51.4 Å². The Morgan fingerprint density at radius 2 is 1.42 bits per heavy atom. The zero-order chi connectivity index (χ0) is 8.49. The first-order chi connectivity index (χ1) is 6.00. The Labute approximate surface area is 75.8 Å². The molecule has 0 unspecified atom stereocenters. The van der Waals surface area contributed by atoms with Crippen LogP contribution in [0.25, 0.3) is 0 Å². The van der Waals surface area contributed by atoms with Crippen LogP contribution >= 0.6 is 0 Å². The molecule has 1 heterocycles. The highest BCUT2D eigenvalue weighted by atomic mass is 16.5. The van der Waals surface area contributed by atoms with Gasteiger partial charge in [-0.15, -0.1) is 0 Å². The highest BCUT2D eigenvalue weighted by Gasteiger charge is 1.92. The first-order valence-corrected chi connectivity index (χ1v) is 5.27. The minimum Gasteiger partial charge on any atom is -0.502 e. The summed E-state index contributed by atoms with van der Waals surface area (Å²) in [4.78, 5) is 0. The first kappa shape index (κ1) is 9.63. The van der Waals surface area contributed by atoms with E-state index in [9.17, 15) is 0 Å². The van der Waals surface area contributed by atoms with Crippen molar-refractivity contribution in [2.24, 2.45) is 0 Å². The van der Waals surface area contributed by atoms with Crippen molar-refractivity contribution in [3.63, 3.8) is 0 Å². The summed E-state index contributed by atoms with van der Waals surface area (Å²) in [6.45, 7) is 0.913. The smallest absolute Gasteiger partial charge is 0.0873 e. The molecular formula is C11H20O. The van der Waals surface area contributed by atoms with E-state index in [0.717, 1.165) is 6.61 Å². The molecule has 70 valence electrons. The Morgan fingerprint density at radius 3 is 2.25 bits per heavy atom. The van der Waals surface area contributed by atoms with E-state index in [1.54, 1.807) is 0 Å². The second-order valence-electron chi connectivity index (χ2n) is 3.51. The molecule has 1 rings (SSSR count). The summed E-state index contributed by atoms with van der Waals surface area (Å²) >= 11 is 0. The zero-order valence-corrected chi connectivity index (χ0v) is 7.93. The standard InChI is InChI=1S/C11H20O/c1-2-4-6-8-10-12-11-9-7-5-3-1/h8,10H,1-7,9,11H2. The van der Waals surface area contributed by atoms with Gasteiger partial charge >= 0.3 is 0 Å². The normalized spacial score (nSPS) is 22.0. The fourth-order valence-electron chi connectivity index (χ4n) is 1.54. The predicted molar refractivity (Wildman–Crippen MR) is 52.0 cm³/mol. The molecule has 0 bridgehead atoms. The Hall–Kier alpha value is -0.460. The van der Waals surface area contributed by atoms with E-state index in [0.29, 0.717) is 0 Å². The number of hydrogen-bond donors (Lipinski definition) is 0. The van der Waals surface area contributed by atoms with Crippen LogP contribution in [0.3, 0.4) is 0 Å². The molecule has 0 aliphatic carbocycles. The van der Waals surface area contributed by atoms with Gasteiger partial charge in [0.1, 0.15) is 0 Å².